The highest BCUT2D eigenvalue weighted by molar-refractivity contribution is 7.12. The van der Waals surface area contributed by atoms with Gasteiger partial charge in [0.1, 0.15) is 0 Å². The molecule has 0 saturated carbocycles. The fourth-order valence-corrected chi connectivity index (χ4v) is 4.42. The fraction of sp³-hybridized carbons (Fsp3) is 0.300. The largest absolute Gasteiger partial charge is 0.334 e. The molecule has 5 aromatic heterocycles. The predicted molar refractivity (Wildman–Crippen MR) is 114 cm³/mol. The second-order valence-electron chi connectivity index (χ2n) is 7.50. The number of rotatable bonds is 4. The Morgan fingerprint density at radius 2 is 1.90 bits per heavy atom. The molecule has 0 bridgehead atoms. The molecule has 152 valence electrons. The first-order chi connectivity index (χ1) is 14.4. The van der Waals surface area contributed by atoms with Crippen molar-refractivity contribution in [1.29, 1.82) is 0 Å². The monoisotopic (exact) mass is 420 g/mol. The second kappa shape index (κ2) is 6.84. The molecular weight excluding hydrogens is 400 g/mol. The topological polar surface area (TPSA) is 100 Å². The smallest absolute Gasteiger partial charge is 0.259 e. The van der Waals surface area contributed by atoms with Gasteiger partial charge in [-0.25, -0.2) is 9.67 Å². The summed E-state index contributed by atoms with van der Waals surface area (Å²) in [5.41, 5.74) is 4.11. The molecule has 0 saturated heterocycles. The van der Waals surface area contributed by atoms with E-state index in [0.717, 1.165) is 27.9 Å². The lowest BCUT2D eigenvalue weighted by molar-refractivity contribution is 0.432. The van der Waals surface area contributed by atoms with Gasteiger partial charge in [0.2, 0.25) is 5.82 Å². The summed E-state index contributed by atoms with van der Waals surface area (Å²) in [7, 11) is 1.79. The summed E-state index contributed by atoms with van der Waals surface area (Å²) in [5.74, 6) is 0.792. The van der Waals surface area contributed by atoms with Gasteiger partial charge in [-0.05, 0) is 39.8 Å². The van der Waals surface area contributed by atoms with E-state index in [0.29, 0.717) is 17.4 Å². The molecule has 0 aromatic carbocycles. The molecule has 0 aliphatic heterocycles. The number of aryl methyl sites for hydroxylation is 3. The third kappa shape index (κ3) is 3.00. The predicted octanol–water partition coefficient (Wildman–Crippen LogP) is 4.20. The number of nitrogens with zero attached hydrogens (tertiary/aromatic N) is 8. The standard InChI is InChI=1S/C20H20N8OS/c1-10(2)28-19-15(8-21-28)14(7-16(22-19)13-6-11(3)30-12(13)4)20-23-18(25-29-20)17-9-27(5)26-24-17/h6-10H,1-5H3. The summed E-state index contributed by atoms with van der Waals surface area (Å²) < 4.78 is 9.13. The van der Waals surface area contributed by atoms with Crippen LogP contribution in [-0.2, 0) is 7.05 Å². The molecule has 0 unspecified atom stereocenters. The summed E-state index contributed by atoms with van der Waals surface area (Å²) >= 11 is 1.76. The minimum Gasteiger partial charge on any atom is -0.334 e. The van der Waals surface area contributed by atoms with Crippen molar-refractivity contribution in [3.8, 4) is 34.2 Å². The molecule has 30 heavy (non-hydrogen) atoms. The number of thiophene rings is 1. The molecule has 0 spiro atoms. The Morgan fingerprint density at radius 1 is 1.07 bits per heavy atom. The normalized spacial score (nSPS) is 11.8. The van der Waals surface area contributed by atoms with Gasteiger partial charge in [0.25, 0.3) is 5.89 Å². The van der Waals surface area contributed by atoms with Crippen LogP contribution in [0.3, 0.4) is 0 Å². The van der Waals surface area contributed by atoms with Crippen LogP contribution in [0.4, 0.5) is 0 Å². The Balaban J connectivity index is 1.73. The number of aromatic nitrogens is 8. The zero-order valence-corrected chi connectivity index (χ0v) is 18.1. The lowest BCUT2D eigenvalue weighted by atomic mass is 10.1. The summed E-state index contributed by atoms with van der Waals surface area (Å²) in [4.78, 5) is 12.0. The van der Waals surface area contributed by atoms with Crippen LogP contribution in [0.15, 0.2) is 29.0 Å². The maximum atomic E-state index is 5.62. The number of hydrogen-bond acceptors (Lipinski definition) is 8. The molecule has 0 aliphatic rings. The number of pyridine rings is 1. The zero-order valence-electron chi connectivity index (χ0n) is 17.3. The van der Waals surface area contributed by atoms with E-state index in [2.05, 4.69) is 59.3 Å². The van der Waals surface area contributed by atoms with Crippen molar-refractivity contribution in [2.45, 2.75) is 33.7 Å². The van der Waals surface area contributed by atoms with Crippen LogP contribution in [0.25, 0.3) is 45.3 Å². The molecule has 0 aliphatic carbocycles. The van der Waals surface area contributed by atoms with Gasteiger partial charge in [-0.3, -0.25) is 4.68 Å². The Hall–Kier alpha value is -3.40. The van der Waals surface area contributed by atoms with E-state index in [-0.39, 0.29) is 6.04 Å². The van der Waals surface area contributed by atoms with Crippen molar-refractivity contribution in [2.75, 3.05) is 0 Å². The van der Waals surface area contributed by atoms with E-state index in [1.165, 1.54) is 9.75 Å². The highest BCUT2D eigenvalue weighted by atomic mass is 32.1. The van der Waals surface area contributed by atoms with E-state index in [1.54, 1.807) is 35.5 Å². The van der Waals surface area contributed by atoms with Gasteiger partial charge in [-0.15, -0.1) is 16.4 Å². The van der Waals surface area contributed by atoms with E-state index >= 15 is 0 Å². The molecule has 0 N–H and O–H groups in total. The van der Waals surface area contributed by atoms with Gasteiger partial charge >= 0.3 is 0 Å². The van der Waals surface area contributed by atoms with E-state index < -0.39 is 0 Å². The molecule has 9 nitrogen and oxygen atoms in total. The molecular formula is C20H20N8OS. The lowest BCUT2D eigenvalue weighted by Gasteiger charge is -2.09. The molecule has 5 aromatic rings. The Labute approximate surface area is 176 Å². The quantitative estimate of drug-likeness (QED) is 0.429. The molecule has 10 heteroatoms. The van der Waals surface area contributed by atoms with Gasteiger partial charge in [0, 0.05) is 28.4 Å². The third-order valence-corrected chi connectivity index (χ3v) is 5.83. The average Bonchev–Trinajstić information content (AvgIpc) is 3.46. The van der Waals surface area contributed by atoms with E-state index in [9.17, 15) is 0 Å². The molecule has 5 heterocycles. The van der Waals surface area contributed by atoms with Crippen LogP contribution < -0.4 is 0 Å². The maximum Gasteiger partial charge on any atom is 0.259 e. The van der Waals surface area contributed by atoms with Crippen molar-refractivity contribution in [2.24, 2.45) is 7.05 Å². The van der Waals surface area contributed by atoms with Crippen molar-refractivity contribution in [3.63, 3.8) is 0 Å². The van der Waals surface area contributed by atoms with Crippen molar-refractivity contribution in [3.05, 3.63) is 34.3 Å². The first-order valence-corrected chi connectivity index (χ1v) is 10.4. The average molecular weight is 421 g/mol. The van der Waals surface area contributed by atoms with Crippen LogP contribution in [0.5, 0.6) is 0 Å². The maximum absolute atomic E-state index is 5.62. The number of hydrogen-bond donors (Lipinski definition) is 0. The first-order valence-electron chi connectivity index (χ1n) is 9.57. The molecule has 0 amide bonds. The summed E-state index contributed by atoms with van der Waals surface area (Å²) in [6.45, 7) is 8.37. The van der Waals surface area contributed by atoms with Crippen LogP contribution in [0.1, 0.15) is 29.6 Å². The highest BCUT2D eigenvalue weighted by Crippen LogP contribution is 2.36. The van der Waals surface area contributed by atoms with Crippen molar-refractivity contribution < 1.29 is 4.52 Å². The fourth-order valence-electron chi connectivity index (χ4n) is 3.48. The Bertz CT molecular complexity index is 1370. The highest BCUT2D eigenvalue weighted by Gasteiger charge is 2.21. The third-order valence-electron chi connectivity index (χ3n) is 4.86. The minimum atomic E-state index is 0.168. The number of fused-ring (bicyclic) bond motifs is 1. The van der Waals surface area contributed by atoms with Gasteiger partial charge in [0.15, 0.2) is 11.3 Å². The van der Waals surface area contributed by atoms with Crippen LogP contribution in [0.2, 0.25) is 0 Å². The van der Waals surface area contributed by atoms with Crippen LogP contribution in [-0.4, -0.2) is 39.9 Å². The van der Waals surface area contributed by atoms with E-state index in [4.69, 9.17) is 9.51 Å². The van der Waals surface area contributed by atoms with Gasteiger partial charge < -0.3 is 4.52 Å². The summed E-state index contributed by atoms with van der Waals surface area (Å²) in [5, 5.41) is 17.5. The molecule has 0 fully saturated rings. The van der Waals surface area contributed by atoms with Gasteiger partial charge in [-0.1, -0.05) is 10.4 Å². The summed E-state index contributed by atoms with van der Waals surface area (Å²) in [6.07, 6.45) is 3.55. The van der Waals surface area contributed by atoms with Crippen molar-refractivity contribution in [1.82, 2.24) is 39.9 Å². The van der Waals surface area contributed by atoms with Crippen molar-refractivity contribution >= 4 is 22.4 Å². The minimum absolute atomic E-state index is 0.168. The Morgan fingerprint density at radius 3 is 2.57 bits per heavy atom. The molecule has 5 rings (SSSR count). The summed E-state index contributed by atoms with van der Waals surface area (Å²) in [6, 6.07) is 4.32. The zero-order chi connectivity index (χ0) is 21.0. The Kier molecular flexibility index (Phi) is 4.24. The van der Waals surface area contributed by atoms with Gasteiger partial charge in [0.05, 0.1) is 29.0 Å². The van der Waals surface area contributed by atoms with Crippen LogP contribution in [0, 0.1) is 13.8 Å². The second-order valence-corrected chi connectivity index (χ2v) is 8.96. The van der Waals surface area contributed by atoms with Gasteiger partial charge in [-0.2, -0.15) is 10.1 Å². The lowest BCUT2D eigenvalue weighted by Crippen LogP contribution is -2.04. The van der Waals surface area contributed by atoms with Crippen LogP contribution >= 0.6 is 11.3 Å². The SMILES string of the molecule is Cc1cc(-c2cc(-c3nc(-c4cn(C)nn4)no3)c3cnn(C(C)C)c3n2)c(C)s1. The molecule has 0 radical (unpaired) electrons. The van der Waals surface area contributed by atoms with E-state index in [1.807, 2.05) is 10.7 Å². The molecule has 0 atom stereocenters. The first kappa shape index (κ1) is 18.6.